The minimum atomic E-state index is 0.224. The summed E-state index contributed by atoms with van der Waals surface area (Å²) >= 11 is 3.16. The van der Waals surface area contributed by atoms with Gasteiger partial charge in [0.15, 0.2) is 14.8 Å². The molecule has 0 unspecified atom stereocenters. The van der Waals surface area contributed by atoms with Crippen molar-refractivity contribution in [2.45, 2.75) is 18.9 Å². The lowest BCUT2D eigenvalue weighted by Gasteiger charge is -2.34. The van der Waals surface area contributed by atoms with Gasteiger partial charge in [-0.1, -0.05) is 28.7 Å². The quantitative estimate of drug-likeness (QED) is 0.516. The van der Waals surface area contributed by atoms with Crippen LogP contribution in [0.1, 0.15) is 12.8 Å². The summed E-state index contributed by atoms with van der Waals surface area (Å²) in [4.78, 5) is 16.2. The van der Waals surface area contributed by atoms with Gasteiger partial charge < -0.3 is 14.9 Å². The third-order valence-electron chi connectivity index (χ3n) is 5.77. The molecule has 1 saturated heterocycles. The van der Waals surface area contributed by atoms with Crippen molar-refractivity contribution in [3.8, 4) is 27.4 Å². The van der Waals surface area contributed by atoms with Crippen LogP contribution in [0.4, 0.5) is 5.13 Å². The molecule has 1 aromatic carbocycles. The molecule has 0 aliphatic carbocycles. The maximum absolute atomic E-state index is 10.6. The van der Waals surface area contributed by atoms with Gasteiger partial charge in [-0.2, -0.15) is 5.10 Å². The van der Waals surface area contributed by atoms with E-state index in [1.807, 2.05) is 25.4 Å². The summed E-state index contributed by atoms with van der Waals surface area (Å²) in [6.45, 7) is 2.26. The summed E-state index contributed by atoms with van der Waals surface area (Å²) in [5, 5.41) is 16.6. The van der Waals surface area contributed by atoms with E-state index in [0.717, 1.165) is 62.4 Å². The Morgan fingerprint density at radius 1 is 1.07 bits per heavy atom. The van der Waals surface area contributed by atoms with E-state index in [-0.39, 0.29) is 5.75 Å². The molecular weight excluding hydrogens is 416 g/mol. The van der Waals surface area contributed by atoms with E-state index in [9.17, 15) is 5.11 Å². The molecule has 1 aliphatic rings. The zero-order valence-electron chi connectivity index (χ0n) is 17.2. The van der Waals surface area contributed by atoms with Crippen molar-refractivity contribution in [1.29, 1.82) is 0 Å². The van der Waals surface area contributed by atoms with Gasteiger partial charge >= 0.3 is 0 Å². The molecule has 0 bridgehead atoms. The van der Waals surface area contributed by atoms with Crippen LogP contribution in [0.15, 0.2) is 30.6 Å². The van der Waals surface area contributed by atoms with Gasteiger partial charge in [0.25, 0.3) is 0 Å². The van der Waals surface area contributed by atoms with Crippen LogP contribution < -0.4 is 4.90 Å². The topological polar surface area (TPSA) is 70.3 Å². The summed E-state index contributed by atoms with van der Waals surface area (Å²) in [7, 11) is 6.20. The second-order valence-corrected chi connectivity index (χ2v) is 9.84. The van der Waals surface area contributed by atoms with Crippen molar-refractivity contribution < 1.29 is 5.11 Å². The highest BCUT2D eigenvalue weighted by Gasteiger charge is 2.24. The fourth-order valence-corrected chi connectivity index (χ4v) is 6.00. The van der Waals surface area contributed by atoms with E-state index in [0.29, 0.717) is 6.04 Å². The van der Waals surface area contributed by atoms with Crippen molar-refractivity contribution >= 4 is 37.5 Å². The van der Waals surface area contributed by atoms with Gasteiger partial charge in [0, 0.05) is 31.9 Å². The molecule has 1 fully saturated rings. The van der Waals surface area contributed by atoms with Crippen LogP contribution in [0.2, 0.25) is 0 Å². The van der Waals surface area contributed by atoms with Crippen LogP contribution in [0, 0.1) is 0 Å². The molecule has 0 radical (unpaired) electrons. The zero-order chi connectivity index (χ0) is 20.8. The second kappa shape index (κ2) is 7.64. The Kier molecular flexibility index (Phi) is 4.96. The lowest BCUT2D eigenvalue weighted by molar-refractivity contribution is 0.253. The van der Waals surface area contributed by atoms with Crippen molar-refractivity contribution in [1.82, 2.24) is 24.6 Å². The number of piperidine rings is 1. The number of nitrogens with zero attached hydrogens (tertiary/aromatic N) is 6. The highest BCUT2D eigenvalue weighted by Crippen LogP contribution is 2.40. The molecule has 3 aromatic heterocycles. The molecule has 7 nitrogen and oxygen atoms in total. The Hall–Kier alpha value is -2.49. The monoisotopic (exact) mass is 440 g/mol. The first-order valence-corrected chi connectivity index (χ1v) is 11.6. The standard InChI is InChI=1S/C21H24N6OS2/c1-25-8-6-15(7-9-25)27(3)21-24-20-19(30-21)23-18(29-20)16-5-4-13(10-17(16)28)14-11-22-26(2)12-14/h4-5,10-12,15,28H,6-9H2,1-3H3. The molecule has 9 heteroatoms. The van der Waals surface area contributed by atoms with Gasteiger partial charge in [-0.25, -0.2) is 9.97 Å². The van der Waals surface area contributed by atoms with Crippen LogP contribution >= 0.6 is 22.7 Å². The third-order valence-corrected chi connectivity index (χ3v) is 7.92. The van der Waals surface area contributed by atoms with Gasteiger partial charge in [-0.15, -0.1) is 0 Å². The molecule has 30 heavy (non-hydrogen) atoms. The first-order chi connectivity index (χ1) is 14.5. The molecule has 1 N–H and O–H groups in total. The summed E-state index contributed by atoms with van der Waals surface area (Å²) in [6, 6.07) is 6.22. The smallest absolute Gasteiger partial charge is 0.188 e. The van der Waals surface area contributed by atoms with E-state index in [4.69, 9.17) is 9.97 Å². The van der Waals surface area contributed by atoms with E-state index in [2.05, 4.69) is 29.0 Å². The number of phenolic OH excluding ortho intramolecular Hbond substituents is 1. The molecular formula is C21H24N6OS2. The van der Waals surface area contributed by atoms with Gasteiger partial charge in [-0.3, -0.25) is 4.68 Å². The Morgan fingerprint density at radius 3 is 2.50 bits per heavy atom. The summed E-state index contributed by atoms with van der Waals surface area (Å²) in [5.41, 5.74) is 2.65. The number of likely N-dealkylation sites (tertiary alicyclic amines) is 1. The van der Waals surface area contributed by atoms with Crippen molar-refractivity contribution in [3.05, 3.63) is 30.6 Å². The van der Waals surface area contributed by atoms with Crippen molar-refractivity contribution in [3.63, 3.8) is 0 Å². The highest BCUT2D eigenvalue weighted by atomic mass is 32.1. The average molecular weight is 441 g/mol. The Morgan fingerprint density at radius 2 is 1.83 bits per heavy atom. The third kappa shape index (κ3) is 3.57. The summed E-state index contributed by atoms with van der Waals surface area (Å²) in [6.07, 6.45) is 6.05. The van der Waals surface area contributed by atoms with Gasteiger partial charge in [-0.05, 0) is 50.7 Å². The largest absolute Gasteiger partial charge is 0.507 e. The number of phenols is 1. The van der Waals surface area contributed by atoms with Crippen molar-refractivity contribution in [2.75, 3.05) is 32.1 Å². The summed E-state index contributed by atoms with van der Waals surface area (Å²) in [5.74, 6) is 0.224. The second-order valence-electron chi connectivity index (χ2n) is 7.91. The number of aromatic nitrogens is 4. The lowest BCUT2D eigenvalue weighted by Crippen LogP contribution is -2.41. The molecule has 156 valence electrons. The molecule has 0 atom stereocenters. The fraction of sp³-hybridized carbons (Fsp3) is 0.381. The first kappa shape index (κ1) is 19.5. The average Bonchev–Trinajstić information content (AvgIpc) is 3.42. The van der Waals surface area contributed by atoms with Crippen LogP contribution in [0.3, 0.4) is 0 Å². The Balaban J connectivity index is 1.39. The van der Waals surface area contributed by atoms with Crippen LogP contribution in [0.5, 0.6) is 5.75 Å². The number of hydrogen-bond acceptors (Lipinski definition) is 8. The normalized spacial score (nSPS) is 15.8. The van der Waals surface area contributed by atoms with E-state index >= 15 is 0 Å². The SMILES string of the molecule is CN1CCC(N(C)c2nc3sc(-c4ccc(-c5cnn(C)c5)cc4O)nc3s2)CC1. The predicted molar refractivity (Wildman–Crippen MR) is 124 cm³/mol. The van der Waals surface area contributed by atoms with Gasteiger partial charge in [0.1, 0.15) is 10.8 Å². The Labute approximate surface area is 183 Å². The molecule has 5 rings (SSSR count). The predicted octanol–water partition coefficient (Wildman–Crippen LogP) is 4.06. The molecule has 0 amide bonds. The van der Waals surface area contributed by atoms with Crippen molar-refractivity contribution in [2.24, 2.45) is 7.05 Å². The van der Waals surface area contributed by atoms with E-state index in [1.54, 1.807) is 28.3 Å². The summed E-state index contributed by atoms with van der Waals surface area (Å²) < 4.78 is 1.75. The van der Waals surface area contributed by atoms with E-state index in [1.165, 1.54) is 11.3 Å². The molecule has 1 aliphatic heterocycles. The lowest BCUT2D eigenvalue weighted by atomic mass is 10.0. The molecule has 0 saturated carbocycles. The molecule has 4 aromatic rings. The minimum Gasteiger partial charge on any atom is -0.507 e. The number of hydrogen-bond donors (Lipinski definition) is 1. The molecule has 0 spiro atoms. The molecule has 4 heterocycles. The zero-order valence-corrected chi connectivity index (χ0v) is 18.9. The Bertz CT molecular complexity index is 1160. The number of fused-ring (bicyclic) bond motifs is 1. The van der Waals surface area contributed by atoms with Crippen LogP contribution in [-0.2, 0) is 7.05 Å². The van der Waals surface area contributed by atoms with Gasteiger partial charge in [0.2, 0.25) is 0 Å². The maximum atomic E-state index is 10.6. The van der Waals surface area contributed by atoms with E-state index < -0.39 is 0 Å². The van der Waals surface area contributed by atoms with Gasteiger partial charge in [0.05, 0.1) is 11.8 Å². The maximum Gasteiger partial charge on any atom is 0.188 e. The highest BCUT2D eigenvalue weighted by molar-refractivity contribution is 7.29. The number of aromatic hydroxyl groups is 1. The number of aryl methyl sites for hydroxylation is 1. The number of rotatable bonds is 4. The number of thiazole rings is 2. The number of anilines is 1. The minimum absolute atomic E-state index is 0.224. The van der Waals surface area contributed by atoms with Crippen LogP contribution in [0.25, 0.3) is 31.4 Å². The number of benzene rings is 1. The fourth-order valence-electron chi connectivity index (χ4n) is 3.90. The van der Waals surface area contributed by atoms with Crippen LogP contribution in [-0.4, -0.2) is 63.0 Å². The first-order valence-electron chi connectivity index (χ1n) is 9.99.